The van der Waals surface area contributed by atoms with Gasteiger partial charge in [0.25, 0.3) is 0 Å². The minimum absolute atomic E-state index is 0.434. The van der Waals surface area contributed by atoms with Crippen molar-refractivity contribution in [1.82, 2.24) is 15.0 Å². The Bertz CT molecular complexity index is 533. The summed E-state index contributed by atoms with van der Waals surface area (Å²) >= 11 is 11.5. The SMILES string of the molecule is CSc1nc(S)nc(Sc2ccccc2S)n1. The van der Waals surface area contributed by atoms with Crippen molar-refractivity contribution < 1.29 is 0 Å². The van der Waals surface area contributed by atoms with Crippen molar-refractivity contribution in [2.24, 2.45) is 0 Å². The fourth-order valence-corrected chi connectivity index (χ4v) is 2.92. The molecule has 2 aromatic rings. The zero-order valence-corrected chi connectivity index (χ0v) is 12.3. The largest absolute Gasteiger partial charge is 0.197 e. The van der Waals surface area contributed by atoms with Crippen LogP contribution in [0.2, 0.25) is 0 Å². The van der Waals surface area contributed by atoms with E-state index in [1.807, 2.05) is 30.5 Å². The van der Waals surface area contributed by atoms with Crippen LogP contribution in [0.3, 0.4) is 0 Å². The Balaban J connectivity index is 2.30. The number of hydrogen-bond acceptors (Lipinski definition) is 7. The summed E-state index contributed by atoms with van der Waals surface area (Å²) in [5.41, 5.74) is 0. The Morgan fingerprint density at radius 2 is 1.71 bits per heavy atom. The Labute approximate surface area is 119 Å². The van der Waals surface area contributed by atoms with Gasteiger partial charge in [0.2, 0.25) is 0 Å². The third-order valence-corrected chi connectivity index (χ3v) is 4.06. The highest BCUT2D eigenvalue weighted by Crippen LogP contribution is 2.30. The molecule has 17 heavy (non-hydrogen) atoms. The second-order valence-corrected chi connectivity index (χ2v) is 5.64. The molecule has 0 unspecified atom stereocenters. The summed E-state index contributed by atoms with van der Waals surface area (Å²) < 4.78 is 0. The molecular weight excluding hydrogens is 290 g/mol. The van der Waals surface area contributed by atoms with E-state index >= 15 is 0 Å². The van der Waals surface area contributed by atoms with Gasteiger partial charge in [-0.3, -0.25) is 0 Å². The number of nitrogens with zero attached hydrogens (tertiary/aromatic N) is 3. The molecule has 0 aliphatic carbocycles. The number of thiol groups is 2. The van der Waals surface area contributed by atoms with E-state index in [9.17, 15) is 0 Å². The smallest absolute Gasteiger partial charge is 0.197 e. The van der Waals surface area contributed by atoms with Crippen LogP contribution in [0.15, 0.2) is 49.5 Å². The van der Waals surface area contributed by atoms with Gasteiger partial charge in [0, 0.05) is 9.79 Å². The van der Waals surface area contributed by atoms with Crippen LogP contribution in [0, 0.1) is 0 Å². The maximum Gasteiger partial charge on any atom is 0.197 e. The fraction of sp³-hybridized carbons (Fsp3) is 0.100. The Kier molecular flexibility index (Phi) is 4.61. The van der Waals surface area contributed by atoms with Crippen molar-refractivity contribution in [3.63, 3.8) is 0 Å². The molecule has 1 aromatic heterocycles. The molecule has 0 bridgehead atoms. The van der Waals surface area contributed by atoms with Crippen molar-refractivity contribution in [3.8, 4) is 0 Å². The molecule has 0 radical (unpaired) electrons. The lowest BCUT2D eigenvalue weighted by Gasteiger charge is -2.04. The van der Waals surface area contributed by atoms with Crippen LogP contribution in [0.25, 0.3) is 0 Å². The van der Waals surface area contributed by atoms with Gasteiger partial charge in [-0.25, -0.2) is 0 Å². The summed E-state index contributed by atoms with van der Waals surface area (Å²) in [7, 11) is 0. The lowest BCUT2D eigenvalue weighted by atomic mass is 10.4. The van der Waals surface area contributed by atoms with Gasteiger partial charge < -0.3 is 0 Å². The molecule has 0 amide bonds. The lowest BCUT2D eigenvalue weighted by molar-refractivity contribution is 0.720. The Morgan fingerprint density at radius 3 is 2.41 bits per heavy atom. The minimum Gasteiger partial charge on any atom is -0.197 e. The van der Waals surface area contributed by atoms with Crippen LogP contribution in [-0.4, -0.2) is 21.2 Å². The van der Waals surface area contributed by atoms with Gasteiger partial charge in [0.15, 0.2) is 15.5 Å². The molecule has 1 aromatic carbocycles. The van der Waals surface area contributed by atoms with Gasteiger partial charge >= 0.3 is 0 Å². The number of thioether (sulfide) groups is 1. The zero-order chi connectivity index (χ0) is 12.3. The summed E-state index contributed by atoms with van der Waals surface area (Å²) in [6.07, 6.45) is 1.92. The van der Waals surface area contributed by atoms with Gasteiger partial charge in [0.1, 0.15) is 0 Å². The molecule has 2 rings (SSSR count). The van der Waals surface area contributed by atoms with Crippen molar-refractivity contribution in [1.29, 1.82) is 0 Å². The number of aromatic nitrogens is 3. The van der Waals surface area contributed by atoms with Crippen LogP contribution < -0.4 is 0 Å². The van der Waals surface area contributed by atoms with E-state index in [1.165, 1.54) is 23.5 Å². The topological polar surface area (TPSA) is 38.7 Å². The Morgan fingerprint density at radius 1 is 1.00 bits per heavy atom. The number of rotatable bonds is 3. The van der Waals surface area contributed by atoms with E-state index in [2.05, 4.69) is 40.2 Å². The van der Waals surface area contributed by atoms with Gasteiger partial charge in [-0.2, -0.15) is 15.0 Å². The van der Waals surface area contributed by atoms with Gasteiger partial charge in [0.05, 0.1) is 0 Å². The van der Waals surface area contributed by atoms with Crippen LogP contribution in [0.4, 0.5) is 0 Å². The van der Waals surface area contributed by atoms with Gasteiger partial charge in [-0.1, -0.05) is 23.9 Å². The molecule has 0 saturated carbocycles. The quantitative estimate of drug-likeness (QED) is 0.672. The van der Waals surface area contributed by atoms with E-state index in [1.54, 1.807) is 0 Å². The highest BCUT2D eigenvalue weighted by atomic mass is 32.2. The molecule has 0 N–H and O–H groups in total. The van der Waals surface area contributed by atoms with Crippen LogP contribution in [0.5, 0.6) is 0 Å². The average Bonchev–Trinajstić information content (AvgIpc) is 2.31. The van der Waals surface area contributed by atoms with Crippen LogP contribution in [0.1, 0.15) is 0 Å². The molecular formula is C10H9N3S4. The lowest BCUT2D eigenvalue weighted by Crippen LogP contribution is -1.94. The summed E-state index contributed by atoms with van der Waals surface area (Å²) in [4.78, 5) is 14.5. The van der Waals surface area contributed by atoms with Crippen molar-refractivity contribution in [2.75, 3.05) is 6.26 Å². The van der Waals surface area contributed by atoms with Crippen molar-refractivity contribution >= 4 is 48.8 Å². The zero-order valence-electron chi connectivity index (χ0n) is 8.86. The second-order valence-electron chi connectivity index (χ2n) is 2.97. The predicted octanol–water partition coefficient (Wildman–Crippen LogP) is 3.32. The molecule has 0 fully saturated rings. The fourth-order valence-electron chi connectivity index (χ4n) is 1.11. The monoisotopic (exact) mass is 299 g/mol. The first-order valence-corrected chi connectivity index (χ1v) is 7.57. The summed E-state index contributed by atoms with van der Waals surface area (Å²) in [5.74, 6) is 0. The third-order valence-electron chi connectivity index (χ3n) is 1.83. The van der Waals surface area contributed by atoms with Crippen molar-refractivity contribution in [3.05, 3.63) is 24.3 Å². The summed E-state index contributed by atoms with van der Waals surface area (Å²) in [6.45, 7) is 0. The van der Waals surface area contributed by atoms with E-state index in [4.69, 9.17) is 0 Å². The van der Waals surface area contributed by atoms with E-state index in [0.717, 1.165) is 9.79 Å². The van der Waals surface area contributed by atoms with E-state index in [0.29, 0.717) is 15.5 Å². The standard InChI is InChI=1S/C10H9N3S4/c1-16-9-11-8(15)12-10(13-9)17-7-5-3-2-4-6(7)14/h2-5,14H,1H3,(H,11,12,13,15). The molecule has 88 valence electrons. The van der Waals surface area contributed by atoms with Crippen molar-refractivity contribution in [2.45, 2.75) is 25.3 Å². The Hall–Kier alpha value is -0.370. The normalized spacial score (nSPS) is 10.5. The minimum atomic E-state index is 0.434. The third kappa shape index (κ3) is 3.54. The highest BCUT2D eigenvalue weighted by Gasteiger charge is 2.07. The molecule has 0 saturated heterocycles. The number of hydrogen-bond donors (Lipinski definition) is 2. The van der Waals surface area contributed by atoms with Crippen LogP contribution >= 0.6 is 48.8 Å². The molecule has 7 heteroatoms. The summed E-state index contributed by atoms with van der Waals surface area (Å²) in [6, 6.07) is 7.81. The summed E-state index contributed by atoms with van der Waals surface area (Å²) in [5, 5.41) is 1.74. The predicted molar refractivity (Wildman–Crippen MR) is 76.7 cm³/mol. The molecule has 3 nitrogen and oxygen atoms in total. The molecule has 0 atom stereocenters. The second kappa shape index (κ2) is 5.99. The molecule has 0 aliphatic rings. The maximum atomic E-state index is 4.39. The molecule has 0 aliphatic heterocycles. The van der Waals surface area contributed by atoms with Crippen LogP contribution in [-0.2, 0) is 0 Å². The molecule has 1 heterocycles. The first-order valence-electron chi connectivity index (χ1n) is 4.64. The average molecular weight is 299 g/mol. The first-order chi connectivity index (χ1) is 8.19. The van der Waals surface area contributed by atoms with E-state index in [-0.39, 0.29) is 0 Å². The molecule has 0 spiro atoms. The highest BCUT2D eigenvalue weighted by molar-refractivity contribution is 8.00. The first kappa shape index (κ1) is 13.1. The van der Waals surface area contributed by atoms with E-state index < -0.39 is 0 Å². The van der Waals surface area contributed by atoms with Gasteiger partial charge in [-0.15, -0.1) is 25.3 Å². The van der Waals surface area contributed by atoms with Gasteiger partial charge in [-0.05, 0) is 30.2 Å². The maximum absolute atomic E-state index is 4.39. The number of benzene rings is 1.